The van der Waals surface area contributed by atoms with Crippen LogP contribution in [0.5, 0.6) is 0 Å². The number of aromatic nitrogens is 1. The lowest BCUT2D eigenvalue weighted by molar-refractivity contribution is -0.122. The Bertz CT molecular complexity index is 1210. The summed E-state index contributed by atoms with van der Waals surface area (Å²) in [6.07, 6.45) is 8.73. The van der Waals surface area contributed by atoms with Gasteiger partial charge in [0.2, 0.25) is 0 Å². The highest BCUT2D eigenvalue weighted by Crippen LogP contribution is 2.34. The first-order chi connectivity index (χ1) is 14.0. The quantitative estimate of drug-likeness (QED) is 0.429. The smallest absolute Gasteiger partial charge is 0.294 e. The molecule has 4 nitrogen and oxygen atoms in total. The van der Waals surface area contributed by atoms with Gasteiger partial charge in [-0.15, -0.1) is 6.42 Å². The average molecular weight is 425 g/mol. The topological polar surface area (TPSA) is 42.3 Å². The van der Waals surface area contributed by atoms with Crippen LogP contribution in [0.3, 0.4) is 0 Å². The Kier molecular flexibility index (Phi) is 5.18. The summed E-state index contributed by atoms with van der Waals surface area (Å²) >= 11 is 7.04. The van der Waals surface area contributed by atoms with Crippen molar-refractivity contribution in [2.75, 3.05) is 6.54 Å². The zero-order valence-electron chi connectivity index (χ0n) is 15.1. The lowest BCUT2D eigenvalue weighted by Crippen LogP contribution is -2.28. The number of nitrogens with zero attached hydrogens (tertiary/aromatic N) is 2. The Labute approximate surface area is 175 Å². The number of hydrogen-bond donors (Lipinski definition) is 0. The number of carbonyl (C=O) groups excluding carboxylic acids is 2. The maximum absolute atomic E-state index is 14.3. The minimum atomic E-state index is -0.410. The van der Waals surface area contributed by atoms with Crippen LogP contribution in [-0.2, 0) is 11.3 Å². The van der Waals surface area contributed by atoms with Crippen LogP contribution in [0.2, 0.25) is 5.02 Å². The largest absolute Gasteiger partial charge is 0.342 e. The van der Waals surface area contributed by atoms with Crippen LogP contribution in [0.15, 0.2) is 53.6 Å². The monoisotopic (exact) mass is 424 g/mol. The molecule has 0 spiro atoms. The van der Waals surface area contributed by atoms with Gasteiger partial charge in [0.05, 0.1) is 18.0 Å². The van der Waals surface area contributed by atoms with Gasteiger partial charge in [0.1, 0.15) is 5.82 Å². The van der Waals surface area contributed by atoms with E-state index in [2.05, 4.69) is 5.92 Å². The van der Waals surface area contributed by atoms with Crippen molar-refractivity contribution < 1.29 is 14.0 Å². The Morgan fingerprint density at radius 1 is 1.17 bits per heavy atom. The fourth-order valence-corrected chi connectivity index (χ4v) is 4.30. The van der Waals surface area contributed by atoms with E-state index in [4.69, 9.17) is 18.0 Å². The number of hydrogen-bond acceptors (Lipinski definition) is 3. The molecule has 2 amide bonds. The number of amides is 2. The molecule has 2 heterocycles. The lowest BCUT2D eigenvalue weighted by atomic mass is 10.1. The number of fused-ring (bicyclic) bond motifs is 1. The third-order valence-electron chi connectivity index (χ3n) is 4.62. The van der Waals surface area contributed by atoms with E-state index in [1.807, 2.05) is 35.0 Å². The summed E-state index contributed by atoms with van der Waals surface area (Å²) in [4.78, 5) is 25.8. The van der Waals surface area contributed by atoms with Gasteiger partial charge in [-0.25, -0.2) is 4.39 Å². The Hall–Kier alpha value is -3.01. The second kappa shape index (κ2) is 7.78. The molecular formula is C22H14ClFN2O2S. The standard InChI is InChI=1S/C22H14ClFN2O2S/c1-2-10-26-21(27)20(29-22(26)28)11-14-12-25(19-9-4-3-6-15(14)19)13-16-17(23)7-5-8-18(16)24/h1,3-9,11-12H,10,13H2/b20-11-. The average Bonchev–Trinajstić information content (AvgIpc) is 3.18. The van der Waals surface area contributed by atoms with E-state index >= 15 is 0 Å². The fraction of sp³-hybridized carbons (Fsp3) is 0.0909. The molecule has 1 saturated heterocycles. The van der Waals surface area contributed by atoms with Crippen molar-refractivity contribution in [2.24, 2.45) is 0 Å². The third-order valence-corrected chi connectivity index (χ3v) is 5.88. The summed E-state index contributed by atoms with van der Waals surface area (Å²) in [5, 5.41) is 0.838. The first-order valence-electron chi connectivity index (χ1n) is 8.69. The van der Waals surface area contributed by atoms with Crippen molar-refractivity contribution in [1.29, 1.82) is 0 Å². The summed E-state index contributed by atoms with van der Waals surface area (Å²) in [7, 11) is 0. The van der Waals surface area contributed by atoms with Crippen LogP contribution >= 0.6 is 23.4 Å². The van der Waals surface area contributed by atoms with E-state index < -0.39 is 5.91 Å². The van der Waals surface area contributed by atoms with Crippen LogP contribution in [0.4, 0.5) is 9.18 Å². The SMILES string of the molecule is C#CCN1C(=O)S/C(=C\c2cn(Cc3c(F)cccc3Cl)c3ccccc23)C1=O. The first kappa shape index (κ1) is 19.3. The second-order valence-electron chi connectivity index (χ2n) is 6.40. The number of para-hydroxylation sites is 1. The molecule has 7 heteroatoms. The summed E-state index contributed by atoms with van der Waals surface area (Å²) in [6.45, 7) is 0.175. The first-order valence-corrected chi connectivity index (χ1v) is 9.88. The fourth-order valence-electron chi connectivity index (χ4n) is 3.24. The highest BCUT2D eigenvalue weighted by molar-refractivity contribution is 8.18. The van der Waals surface area contributed by atoms with Gasteiger partial charge >= 0.3 is 0 Å². The number of rotatable bonds is 4. The minimum absolute atomic E-state index is 0.0600. The lowest BCUT2D eigenvalue weighted by Gasteiger charge is -2.08. The van der Waals surface area contributed by atoms with Crippen LogP contribution in [0.25, 0.3) is 17.0 Å². The molecule has 0 atom stereocenters. The summed E-state index contributed by atoms with van der Waals surface area (Å²) in [5.74, 6) is 1.53. The molecule has 0 aliphatic carbocycles. The van der Waals surface area contributed by atoms with Crippen molar-refractivity contribution in [2.45, 2.75) is 6.54 Å². The molecule has 1 aliphatic rings. The maximum atomic E-state index is 14.3. The highest BCUT2D eigenvalue weighted by Gasteiger charge is 2.34. The second-order valence-corrected chi connectivity index (χ2v) is 7.80. The number of thioether (sulfide) groups is 1. The van der Waals surface area contributed by atoms with Crippen molar-refractivity contribution in [1.82, 2.24) is 9.47 Å². The highest BCUT2D eigenvalue weighted by atomic mass is 35.5. The molecule has 0 bridgehead atoms. The zero-order chi connectivity index (χ0) is 20.5. The number of terminal acetylenes is 1. The summed E-state index contributed by atoms with van der Waals surface area (Å²) < 4.78 is 16.1. The van der Waals surface area contributed by atoms with Crippen molar-refractivity contribution in [3.63, 3.8) is 0 Å². The van der Waals surface area contributed by atoms with E-state index in [0.717, 1.165) is 33.1 Å². The van der Waals surface area contributed by atoms with Crippen molar-refractivity contribution >= 4 is 51.5 Å². The molecule has 1 aliphatic heterocycles. The molecule has 2 aromatic carbocycles. The number of benzene rings is 2. The van der Waals surface area contributed by atoms with E-state index in [9.17, 15) is 14.0 Å². The van der Waals surface area contributed by atoms with Crippen molar-refractivity contribution in [3.05, 3.63) is 75.5 Å². The molecule has 0 N–H and O–H groups in total. The van der Waals surface area contributed by atoms with Crippen LogP contribution < -0.4 is 0 Å². The predicted octanol–water partition coefficient (Wildman–Crippen LogP) is 5.15. The number of carbonyl (C=O) groups is 2. The summed E-state index contributed by atoms with van der Waals surface area (Å²) in [5.41, 5.74) is 2.00. The van der Waals surface area contributed by atoms with Gasteiger partial charge < -0.3 is 4.57 Å². The normalized spacial score (nSPS) is 15.5. The predicted molar refractivity (Wildman–Crippen MR) is 114 cm³/mol. The van der Waals surface area contributed by atoms with Gasteiger partial charge in [-0.05, 0) is 36.0 Å². The molecule has 4 rings (SSSR count). The van der Waals surface area contributed by atoms with Crippen molar-refractivity contribution in [3.8, 4) is 12.3 Å². The maximum Gasteiger partial charge on any atom is 0.294 e. The van der Waals surface area contributed by atoms with Crippen LogP contribution in [0.1, 0.15) is 11.1 Å². The van der Waals surface area contributed by atoms with E-state index in [1.54, 1.807) is 18.2 Å². The molecule has 0 unspecified atom stereocenters. The van der Waals surface area contributed by atoms with Gasteiger partial charge in [0, 0.05) is 33.2 Å². The number of halogens is 2. The van der Waals surface area contributed by atoms with Crippen LogP contribution in [0, 0.1) is 18.2 Å². The Morgan fingerprint density at radius 2 is 1.97 bits per heavy atom. The Balaban J connectivity index is 1.77. The molecule has 1 fully saturated rings. The van der Waals surface area contributed by atoms with Gasteiger partial charge in [-0.3, -0.25) is 14.5 Å². The van der Waals surface area contributed by atoms with Gasteiger partial charge in [-0.1, -0.05) is 41.8 Å². The minimum Gasteiger partial charge on any atom is -0.342 e. The Morgan fingerprint density at radius 3 is 2.72 bits per heavy atom. The molecule has 3 aromatic rings. The molecular weight excluding hydrogens is 411 g/mol. The zero-order valence-corrected chi connectivity index (χ0v) is 16.6. The molecule has 1 aromatic heterocycles. The van der Waals surface area contributed by atoms with E-state index in [0.29, 0.717) is 15.5 Å². The molecule has 0 radical (unpaired) electrons. The molecule has 0 saturated carbocycles. The van der Waals surface area contributed by atoms with Crippen LogP contribution in [-0.4, -0.2) is 27.2 Å². The third kappa shape index (κ3) is 3.55. The van der Waals surface area contributed by atoms with E-state index in [-0.39, 0.29) is 24.1 Å². The van der Waals surface area contributed by atoms with Gasteiger partial charge in [0.15, 0.2) is 0 Å². The molecule has 29 heavy (non-hydrogen) atoms. The summed E-state index contributed by atoms with van der Waals surface area (Å²) in [6, 6.07) is 12.2. The van der Waals surface area contributed by atoms with Gasteiger partial charge in [-0.2, -0.15) is 0 Å². The van der Waals surface area contributed by atoms with E-state index in [1.165, 1.54) is 6.07 Å². The van der Waals surface area contributed by atoms with Gasteiger partial charge in [0.25, 0.3) is 11.1 Å². The number of imide groups is 1. The molecule has 144 valence electrons.